The Hall–Kier alpha value is -2.76. The minimum absolute atomic E-state index is 0.0372. The molecular formula is C20H23N3O3. The molecule has 0 spiro atoms. The lowest BCUT2D eigenvalue weighted by molar-refractivity contribution is -0.139. The number of aryl methyl sites for hydroxylation is 1. The van der Waals surface area contributed by atoms with Crippen LogP contribution in [0.5, 0.6) is 0 Å². The van der Waals surface area contributed by atoms with Crippen molar-refractivity contribution >= 4 is 22.9 Å². The summed E-state index contributed by atoms with van der Waals surface area (Å²) in [5.74, 6) is -0.906. The maximum Gasteiger partial charge on any atom is 0.305 e. The molecule has 2 aromatic rings. The number of rotatable bonds is 8. The van der Waals surface area contributed by atoms with Gasteiger partial charge in [-0.3, -0.25) is 9.59 Å². The van der Waals surface area contributed by atoms with E-state index in [9.17, 15) is 9.59 Å². The predicted molar refractivity (Wildman–Crippen MR) is 98.5 cm³/mol. The number of pyridine rings is 2. The van der Waals surface area contributed by atoms with Crippen molar-refractivity contribution in [1.82, 2.24) is 14.9 Å². The van der Waals surface area contributed by atoms with Gasteiger partial charge in [-0.15, -0.1) is 6.58 Å². The summed E-state index contributed by atoms with van der Waals surface area (Å²) >= 11 is 0. The third kappa shape index (κ3) is 4.07. The van der Waals surface area contributed by atoms with E-state index < -0.39 is 12.0 Å². The molecule has 2 atom stereocenters. The SMILES string of the molecule is C=CC(CC(=O)O)N1CCC(CCCc2ccc3cccnc3n2)C1=O. The molecule has 136 valence electrons. The topological polar surface area (TPSA) is 83.4 Å². The van der Waals surface area contributed by atoms with E-state index >= 15 is 0 Å². The van der Waals surface area contributed by atoms with E-state index in [0.29, 0.717) is 6.54 Å². The molecule has 1 saturated heterocycles. The Morgan fingerprint density at radius 3 is 3.04 bits per heavy atom. The molecule has 0 radical (unpaired) electrons. The normalized spacial score (nSPS) is 18.2. The summed E-state index contributed by atoms with van der Waals surface area (Å²) in [4.78, 5) is 34.0. The van der Waals surface area contributed by atoms with E-state index in [-0.39, 0.29) is 18.2 Å². The van der Waals surface area contributed by atoms with Crippen molar-refractivity contribution in [1.29, 1.82) is 0 Å². The number of carbonyl (C=O) groups excluding carboxylic acids is 1. The zero-order valence-electron chi connectivity index (χ0n) is 14.7. The van der Waals surface area contributed by atoms with Gasteiger partial charge in [0.15, 0.2) is 5.65 Å². The van der Waals surface area contributed by atoms with Crippen molar-refractivity contribution in [3.63, 3.8) is 0 Å². The predicted octanol–water partition coefficient (Wildman–Crippen LogP) is 2.83. The van der Waals surface area contributed by atoms with Crippen molar-refractivity contribution in [2.24, 2.45) is 5.92 Å². The van der Waals surface area contributed by atoms with Crippen molar-refractivity contribution in [3.05, 3.63) is 48.8 Å². The lowest BCUT2D eigenvalue weighted by Gasteiger charge is -2.24. The molecule has 1 fully saturated rings. The summed E-state index contributed by atoms with van der Waals surface area (Å²) in [6, 6.07) is 7.49. The number of nitrogens with zero attached hydrogens (tertiary/aromatic N) is 3. The summed E-state index contributed by atoms with van der Waals surface area (Å²) < 4.78 is 0. The fourth-order valence-electron chi connectivity index (χ4n) is 3.52. The zero-order valence-corrected chi connectivity index (χ0v) is 14.7. The number of fused-ring (bicyclic) bond motifs is 1. The summed E-state index contributed by atoms with van der Waals surface area (Å²) in [6.07, 6.45) is 6.43. The number of carboxylic acid groups (broad SMARTS) is 1. The van der Waals surface area contributed by atoms with Gasteiger partial charge in [-0.1, -0.05) is 6.08 Å². The molecule has 1 amide bonds. The molecule has 0 saturated carbocycles. The van der Waals surface area contributed by atoms with Crippen molar-refractivity contribution < 1.29 is 14.7 Å². The van der Waals surface area contributed by atoms with Crippen LogP contribution in [-0.4, -0.2) is 44.4 Å². The molecule has 1 N–H and O–H groups in total. The summed E-state index contributed by atoms with van der Waals surface area (Å²) in [5, 5.41) is 9.99. The fraction of sp³-hybridized carbons (Fsp3) is 0.400. The Kier molecular flexibility index (Phi) is 5.61. The largest absolute Gasteiger partial charge is 0.481 e. The average Bonchev–Trinajstić information content (AvgIpc) is 3.00. The molecular weight excluding hydrogens is 330 g/mol. The Bertz CT molecular complexity index is 821. The number of hydrogen-bond donors (Lipinski definition) is 1. The van der Waals surface area contributed by atoms with Crippen LogP contribution in [0.25, 0.3) is 11.0 Å². The van der Waals surface area contributed by atoms with Crippen LogP contribution in [0.1, 0.15) is 31.4 Å². The van der Waals surface area contributed by atoms with Crippen LogP contribution in [0, 0.1) is 5.92 Å². The molecule has 6 heteroatoms. The molecule has 0 aromatic carbocycles. The second kappa shape index (κ2) is 8.08. The first-order valence-electron chi connectivity index (χ1n) is 8.94. The van der Waals surface area contributed by atoms with E-state index in [1.165, 1.54) is 0 Å². The van der Waals surface area contributed by atoms with Crippen LogP contribution in [0.4, 0.5) is 0 Å². The molecule has 0 bridgehead atoms. The zero-order chi connectivity index (χ0) is 18.5. The fourth-order valence-corrected chi connectivity index (χ4v) is 3.52. The van der Waals surface area contributed by atoms with Gasteiger partial charge in [0.2, 0.25) is 5.91 Å². The second-order valence-corrected chi connectivity index (χ2v) is 6.66. The Morgan fingerprint density at radius 2 is 2.27 bits per heavy atom. The Labute approximate surface area is 152 Å². The third-order valence-electron chi connectivity index (χ3n) is 4.91. The molecule has 1 aliphatic rings. The van der Waals surface area contributed by atoms with E-state index in [1.807, 2.05) is 24.3 Å². The molecule has 2 unspecified atom stereocenters. The molecule has 6 nitrogen and oxygen atoms in total. The number of likely N-dealkylation sites (tertiary alicyclic amines) is 1. The highest BCUT2D eigenvalue weighted by molar-refractivity contribution is 5.82. The smallest absolute Gasteiger partial charge is 0.305 e. The quantitative estimate of drug-likeness (QED) is 0.738. The highest BCUT2D eigenvalue weighted by Gasteiger charge is 2.35. The lowest BCUT2D eigenvalue weighted by atomic mass is 9.99. The summed E-state index contributed by atoms with van der Waals surface area (Å²) in [6.45, 7) is 4.28. The monoisotopic (exact) mass is 353 g/mol. The van der Waals surface area contributed by atoms with Crippen molar-refractivity contribution in [2.75, 3.05) is 6.54 Å². The van der Waals surface area contributed by atoms with Gasteiger partial charge in [0.1, 0.15) is 0 Å². The number of carboxylic acids is 1. The van der Waals surface area contributed by atoms with Crippen LogP contribution < -0.4 is 0 Å². The number of aromatic nitrogens is 2. The first kappa shape index (κ1) is 18.0. The van der Waals surface area contributed by atoms with Crippen LogP contribution in [0.15, 0.2) is 43.1 Å². The molecule has 1 aliphatic heterocycles. The summed E-state index contributed by atoms with van der Waals surface area (Å²) in [5.41, 5.74) is 1.73. The van der Waals surface area contributed by atoms with E-state index in [1.54, 1.807) is 17.2 Å². The standard InChI is InChI=1S/C20H23N3O3/c1-2-17(13-18(24)25)23-12-10-15(20(23)26)5-3-7-16-9-8-14-6-4-11-21-19(14)22-16/h2,4,6,8-9,11,15,17H,1,3,5,7,10,12-13H2,(H,24,25). The highest BCUT2D eigenvalue weighted by Crippen LogP contribution is 2.26. The third-order valence-corrected chi connectivity index (χ3v) is 4.91. The second-order valence-electron chi connectivity index (χ2n) is 6.66. The molecule has 26 heavy (non-hydrogen) atoms. The molecule has 3 rings (SSSR count). The van der Waals surface area contributed by atoms with Gasteiger partial charge < -0.3 is 10.0 Å². The molecule has 0 aliphatic carbocycles. The van der Waals surface area contributed by atoms with Gasteiger partial charge in [-0.2, -0.15) is 0 Å². The van der Waals surface area contributed by atoms with Crippen LogP contribution in [-0.2, 0) is 16.0 Å². The Morgan fingerprint density at radius 1 is 1.42 bits per heavy atom. The van der Waals surface area contributed by atoms with E-state index in [0.717, 1.165) is 42.4 Å². The number of aliphatic carboxylic acids is 1. The maximum absolute atomic E-state index is 12.6. The van der Waals surface area contributed by atoms with Gasteiger partial charge in [-0.05, 0) is 49.9 Å². The molecule has 3 heterocycles. The Balaban J connectivity index is 1.54. The van der Waals surface area contributed by atoms with Gasteiger partial charge in [-0.25, -0.2) is 9.97 Å². The van der Waals surface area contributed by atoms with Gasteiger partial charge in [0.25, 0.3) is 0 Å². The highest BCUT2D eigenvalue weighted by atomic mass is 16.4. The first-order chi connectivity index (χ1) is 12.6. The minimum Gasteiger partial charge on any atom is -0.481 e. The lowest BCUT2D eigenvalue weighted by Crippen LogP contribution is -2.37. The average molecular weight is 353 g/mol. The number of carbonyl (C=O) groups is 2. The van der Waals surface area contributed by atoms with Crippen LogP contribution in [0.3, 0.4) is 0 Å². The minimum atomic E-state index is -0.915. The van der Waals surface area contributed by atoms with E-state index in [2.05, 4.69) is 16.5 Å². The number of amides is 1. The van der Waals surface area contributed by atoms with Gasteiger partial charge >= 0.3 is 5.97 Å². The number of hydrogen-bond acceptors (Lipinski definition) is 4. The van der Waals surface area contributed by atoms with Crippen molar-refractivity contribution in [2.45, 2.75) is 38.1 Å². The summed E-state index contributed by atoms with van der Waals surface area (Å²) in [7, 11) is 0. The van der Waals surface area contributed by atoms with Crippen LogP contribution in [0.2, 0.25) is 0 Å². The van der Waals surface area contributed by atoms with Gasteiger partial charge in [0, 0.05) is 29.7 Å². The first-order valence-corrected chi connectivity index (χ1v) is 8.94. The van der Waals surface area contributed by atoms with E-state index in [4.69, 9.17) is 5.11 Å². The maximum atomic E-state index is 12.6. The van der Waals surface area contributed by atoms with Crippen molar-refractivity contribution in [3.8, 4) is 0 Å². The van der Waals surface area contributed by atoms with Gasteiger partial charge in [0.05, 0.1) is 12.5 Å². The molecule has 2 aromatic heterocycles. The van der Waals surface area contributed by atoms with Crippen LogP contribution >= 0.6 is 0 Å².